The van der Waals surface area contributed by atoms with Gasteiger partial charge in [0.25, 0.3) is 5.91 Å². The van der Waals surface area contributed by atoms with Crippen molar-refractivity contribution >= 4 is 46.6 Å². The highest BCUT2D eigenvalue weighted by atomic mass is 16.5. The van der Waals surface area contributed by atoms with Gasteiger partial charge in [-0.15, -0.1) is 0 Å². The second kappa shape index (κ2) is 16.3. The Morgan fingerprint density at radius 2 is 1.74 bits per heavy atom. The van der Waals surface area contributed by atoms with Gasteiger partial charge in [0, 0.05) is 17.6 Å². The van der Waals surface area contributed by atoms with Gasteiger partial charge in [-0.3, -0.25) is 34.0 Å². The maximum absolute atomic E-state index is 13.8. The maximum Gasteiger partial charge on any atom is 0.322 e. The Bertz CT molecular complexity index is 1460. The molecule has 4 N–H and O–H groups in total. The average molecular weight is 638 g/mol. The van der Waals surface area contributed by atoms with Crippen LogP contribution in [-0.4, -0.2) is 75.5 Å². The third kappa shape index (κ3) is 9.59. The number of fused-ring (bicyclic) bond motifs is 1. The molecule has 1 aromatic carbocycles. The van der Waals surface area contributed by atoms with Crippen molar-refractivity contribution < 1.29 is 33.8 Å². The number of hydrazine groups is 1. The van der Waals surface area contributed by atoms with Crippen molar-refractivity contribution in [3.8, 4) is 0 Å². The third-order valence-corrected chi connectivity index (χ3v) is 7.94. The highest BCUT2D eigenvalue weighted by Crippen LogP contribution is 2.20. The summed E-state index contributed by atoms with van der Waals surface area (Å²) < 4.78 is 5.61. The van der Waals surface area contributed by atoms with Gasteiger partial charge in [-0.05, 0) is 56.7 Å². The summed E-state index contributed by atoms with van der Waals surface area (Å²) in [5, 5.41) is 17.0. The Morgan fingerprint density at radius 1 is 1.04 bits per heavy atom. The lowest BCUT2D eigenvalue weighted by atomic mass is 9.97. The Kier molecular flexibility index (Phi) is 12.8. The van der Waals surface area contributed by atoms with Crippen LogP contribution in [0.15, 0.2) is 36.4 Å². The molecular weight excluding hydrogens is 590 g/mol. The van der Waals surface area contributed by atoms with E-state index in [9.17, 15) is 29.1 Å². The molecule has 1 aliphatic heterocycles. The first-order chi connectivity index (χ1) is 21.7. The van der Waals surface area contributed by atoms with Crippen molar-refractivity contribution in [1.29, 1.82) is 0 Å². The van der Waals surface area contributed by atoms with E-state index in [4.69, 9.17) is 4.74 Å². The monoisotopic (exact) mass is 637 g/mol. The first-order valence-electron chi connectivity index (χ1n) is 15.9. The maximum atomic E-state index is 13.8. The number of rotatable bonds is 13. The topological polar surface area (TPSA) is 167 Å². The molecule has 0 saturated carbocycles. The number of hydrogen-bond donors (Lipinski definition) is 4. The van der Waals surface area contributed by atoms with Crippen molar-refractivity contribution in [2.45, 2.75) is 92.0 Å². The van der Waals surface area contributed by atoms with Crippen molar-refractivity contribution in [1.82, 2.24) is 26.1 Å². The fraction of sp³-hybridized carbons (Fsp3) is 0.529. The Morgan fingerprint density at radius 3 is 2.37 bits per heavy atom. The molecule has 1 saturated heterocycles. The quantitative estimate of drug-likeness (QED) is 0.241. The van der Waals surface area contributed by atoms with Crippen molar-refractivity contribution in [2.24, 2.45) is 17.8 Å². The largest absolute Gasteiger partial charge is 0.480 e. The molecule has 3 amide bonds. The molecule has 3 rings (SSSR count). The van der Waals surface area contributed by atoms with Crippen LogP contribution in [0.5, 0.6) is 0 Å². The molecule has 0 aliphatic carbocycles. The minimum Gasteiger partial charge on any atom is -0.480 e. The van der Waals surface area contributed by atoms with E-state index >= 15 is 0 Å². The summed E-state index contributed by atoms with van der Waals surface area (Å²) in [5.74, 6) is -4.79. The number of aryl methyl sites for hydroxylation is 1. The highest BCUT2D eigenvalue weighted by Gasteiger charge is 2.34. The first-order valence-corrected chi connectivity index (χ1v) is 15.9. The number of carboxylic acid groups (broad SMARTS) is 1. The zero-order valence-corrected chi connectivity index (χ0v) is 27.7. The van der Waals surface area contributed by atoms with Gasteiger partial charge < -0.3 is 20.5 Å². The van der Waals surface area contributed by atoms with Crippen LogP contribution in [0.2, 0.25) is 0 Å². The van der Waals surface area contributed by atoms with Gasteiger partial charge in [0.1, 0.15) is 24.2 Å². The number of pyridine rings is 1. The highest BCUT2D eigenvalue weighted by molar-refractivity contribution is 5.93. The molecular formula is C34H47N5O7. The lowest BCUT2D eigenvalue weighted by Gasteiger charge is -2.34. The van der Waals surface area contributed by atoms with Crippen LogP contribution in [0.4, 0.5) is 0 Å². The number of aromatic nitrogens is 1. The van der Waals surface area contributed by atoms with E-state index in [2.05, 4.69) is 21.0 Å². The normalized spacial score (nSPS) is 17.8. The lowest BCUT2D eigenvalue weighted by molar-refractivity contribution is -0.155. The summed E-state index contributed by atoms with van der Waals surface area (Å²) >= 11 is 0. The van der Waals surface area contributed by atoms with Gasteiger partial charge in [0.05, 0.1) is 17.4 Å². The number of hydrogen-bond acceptors (Lipinski definition) is 8. The molecule has 0 spiro atoms. The smallest absolute Gasteiger partial charge is 0.322 e. The summed E-state index contributed by atoms with van der Waals surface area (Å²) in [6.45, 7) is 12.4. The summed E-state index contributed by atoms with van der Waals surface area (Å²) in [4.78, 5) is 68.7. The number of carbonyl (C=O) groups excluding carboxylic acids is 4. The molecule has 12 nitrogen and oxygen atoms in total. The van der Waals surface area contributed by atoms with E-state index in [1.807, 2.05) is 37.3 Å². The zero-order valence-electron chi connectivity index (χ0n) is 27.7. The summed E-state index contributed by atoms with van der Waals surface area (Å²) in [6.07, 6.45) is 4.27. The Hall–Kier alpha value is -4.32. The van der Waals surface area contributed by atoms with Crippen molar-refractivity contribution in [3.05, 3.63) is 47.7 Å². The number of nitrogens with zero attached hydrogens (tertiary/aromatic N) is 2. The average Bonchev–Trinajstić information content (AvgIpc) is 3.02. The van der Waals surface area contributed by atoms with Gasteiger partial charge in [-0.2, -0.15) is 0 Å². The molecule has 2 heterocycles. The number of amides is 3. The summed E-state index contributed by atoms with van der Waals surface area (Å²) in [6, 6.07) is 6.89. The van der Waals surface area contributed by atoms with Crippen LogP contribution >= 0.6 is 0 Å². The summed E-state index contributed by atoms with van der Waals surface area (Å²) in [7, 11) is 0. The molecule has 12 heteroatoms. The van der Waals surface area contributed by atoms with Gasteiger partial charge in [-0.1, -0.05) is 65.0 Å². The molecule has 1 fully saturated rings. The van der Waals surface area contributed by atoms with Gasteiger partial charge in [-0.25, -0.2) is 5.43 Å². The van der Waals surface area contributed by atoms with Crippen LogP contribution in [0.1, 0.15) is 72.6 Å². The van der Waals surface area contributed by atoms with Gasteiger partial charge >= 0.3 is 11.9 Å². The fourth-order valence-corrected chi connectivity index (χ4v) is 5.05. The van der Waals surface area contributed by atoms with Crippen LogP contribution < -0.4 is 16.1 Å². The minimum absolute atomic E-state index is 0.307. The molecule has 250 valence electrons. The number of carboxylic acids is 1. The molecule has 0 radical (unpaired) electrons. The minimum atomic E-state index is -1.06. The van der Waals surface area contributed by atoms with E-state index in [1.165, 1.54) is 11.9 Å². The predicted octanol–water partition coefficient (Wildman–Crippen LogP) is 3.24. The van der Waals surface area contributed by atoms with Gasteiger partial charge in [0.15, 0.2) is 0 Å². The van der Waals surface area contributed by atoms with E-state index in [1.54, 1.807) is 46.8 Å². The molecule has 5 atom stereocenters. The van der Waals surface area contributed by atoms with Crippen molar-refractivity contribution in [2.75, 3.05) is 6.54 Å². The number of aliphatic carboxylic acids is 1. The number of esters is 1. The Balaban J connectivity index is 1.79. The standard InChI is InChI=1S/C34H47N5O7/c1-8-25-15-14-24-13-11-23(18-28(24)36-25)12-16-26(22(7)46-34(45)20(4)5)30(40)37-29(19(2)3)31(41)35-21(6)32(42)39-17-9-10-27(38-39)33(43)44/h11-16,18-22,26-27,29,38H,8-10,17H2,1-7H3,(H,35,41)(H,37,40)(H,43,44)/b16-12+/t21?,22?,26-,27?,29?/m1/s1. The van der Waals surface area contributed by atoms with Crippen molar-refractivity contribution in [3.63, 3.8) is 0 Å². The van der Waals surface area contributed by atoms with Crippen LogP contribution in [-0.2, 0) is 35.1 Å². The third-order valence-electron chi connectivity index (χ3n) is 7.94. The van der Waals surface area contributed by atoms with Crippen LogP contribution in [0.3, 0.4) is 0 Å². The predicted molar refractivity (Wildman–Crippen MR) is 174 cm³/mol. The Labute approximate surface area is 270 Å². The van der Waals surface area contributed by atoms with Gasteiger partial charge in [0.2, 0.25) is 11.8 Å². The molecule has 46 heavy (non-hydrogen) atoms. The number of carbonyl (C=O) groups is 5. The second-order valence-electron chi connectivity index (χ2n) is 12.4. The van der Waals surface area contributed by atoms with Crippen LogP contribution in [0, 0.1) is 17.8 Å². The SMILES string of the molecule is CCc1ccc2ccc(/C=C/[C@@H](C(=O)NC(C(=O)NC(C)C(=O)N3CCCC(C(=O)O)N3)C(C)C)C(C)OC(=O)C(C)C)cc2n1. The molecule has 1 aliphatic rings. The fourth-order valence-electron chi connectivity index (χ4n) is 5.05. The number of nitrogens with one attached hydrogen (secondary N) is 3. The van der Waals surface area contributed by atoms with E-state index in [0.29, 0.717) is 19.4 Å². The molecule has 4 unspecified atom stereocenters. The second-order valence-corrected chi connectivity index (χ2v) is 12.4. The molecule has 0 bridgehead atoms. The lowest BCUT2D eigenvalue weighted by Crippen LogP contribution is -2.61. The summed E-state index contributed by atoms with van der Waals surface area (Å²) in [5.41, 5.74) is 5.28. The van der Waals surface area contributed by atoms with E-state index in [-0.39, 0.29) is 5.92 Å². The number of ether oxygens (including phenoxy) is 1. The molecule has 2 aromatic rings. The van der Waals surface area contributed by atoms with E-state index < -0.39 is 65.7 Å². The van der Waals surface area contributed by atoms with E-state index in [0.717, 1.165) is 28.6 Å². The van der Waals surface area contributed by atoms with Crippen LogP contribution in [0.25, 0.3) is 17.0 Å². The molecule has 1 aromatic heterocycles. The first kappa shape index (κ1) is 36.2. The number of benzene rings is 1. The zero-order chi connectivity index (χ0) is 34.1.